The summed E-state index contributed by atoms with van der Waals surface area (Å²) in [6.07, 6.45) is 3.01. The third kappa shape index (κ3) is 2.43. The number of carboxylic acid groups (broad SMARTS) is 1. The van der Waals surface area contributed by atoms with Crippen LogP contribution in [0.5, 0.6) is 0 Å². The highest BCUT2D eigenvalue weighted by molar-refractivity contribution is 7.91. The first-order valence-corrected chi connectivity index (χ1v) is 7.53. The Bertz CT molecular complexity index is 535. The molecular formula is C12H16O5S. The summed E-state index contributed by atoms with van der Waals surface area (Å²) in [5.41, 5.74) is 0. The van der Waals surface area contributed by atoms with E-state index in [1.165, 1.54) is 12.1 Å². The molecule has 1 aliphatic rings. The van der Waals surface area contributed by atoms with Crippen LogP contribution in [-0.4, -0.2) is 24.7 Å². The molecule has 1 heterocycles. The van der Waals surface area contributed by atoms with E-state index in [-0.39, 0.29) is 10.9 Å². The van der Waals surface area contributed by atoms with E-state index in [4.69, 9.17) is 9.52 Å². The Morgan fingerprint density at radius 2 is 1.89 bits per heavy atom. The summed E-state index contributed by atoms with van der Waals surface area (Å²) < 4.78 is 29.4. The number of hydrogen-bond donors (Lipinski definition) is 1. The van der Waals surface area contributed by atoms with E-state index in [1.54, 1.807) is 0 Å². The third-order valence-electron chi connectivity index (χ3n) is 3.47. The van der Waals surface area contributed by atoms with Crippen LogP contribution in [0.2, 0.25) is 0 Å². The van der Waals surface area contributed by atoms with Crippen LogP contribution >= 0.6 is 0 Å². The van der Waals surface area contributed by atoms with Crippen molar-refractivity contribution in [3.05, 3.63) is 17.9 Å². The Labute approximate surface area is 106 Å². The molecule has 0 bridgehead atoms. The molecule has 0 aliphatic heterocycles. The highest BCUT2D eigenvalue weighted by atomic mass is 32.2. The Morgan fingerprint density at radius 1 is 1.28 bits per heavy atom. The van der Waals surface area contributed by atoms with Crippen molar-refractivity contribution in [3.8, 4) is 0 Å². The fourth-order valence-corrected chi connectivity index (χ4v) is 3.98. The van der Waals surface area contributed by atoms with Gasteiger partial charge in [0.25, 0.3) is 0 Å². The Hall–Kier alpha value is -1.30. The lowest BCUT2D eigenvalue weighted by Gasteiger charge is -2.24. The van der Waals surface area contributed by atoms with Crippen LogP contribution in [0.3, 0.4) is 0 Å². The van der Waals surface area contributed by atoms with Gasteiger partial charge in [0, 0.05) is 0 Å². The van der Waals surface area contributed by atoms with Gasteiger partial charge in [-0.25, -0.2) is 13.2 Å². The molecule has 1 N–H and O–H groups in total. The van der Waals surface area contributed by atoms with Gasteiger partial charge in [0.1, 0.15) is 0 Å². The number of carboxylic acids is 1. The predicted octanol–water partition coefficient (Wildman–Crippen LogP) is 2.33. The fraction of sp³-hybridized carbons (Fsp3) is 0.583. The first kappa shape index (κ1) is 13.1. The minimum absolute atomic E-state index is 0.223. The molecule has 1 saturated carbocycles. The highest BCUT2D eigenvalue weighted by Crippen LogP contribution is 2.32. The number of carbonyl (C=O) groups is 1. The average Bonchev–Trinajstić information content (AvgIpc) is 2.79. The molecule has 6 heteroatoms. The average molecular weight is 272 g/mol. The molecule has 0 aromatic carbocycles. The molecule has 18 heavy (non-hydrogen) atoms. The molecule has 0 radical (unpaired) electrons. The van der Waals surface area contributed by atoms with Gasteiger partial charge in [-0.3, -0.25) is 0 Å². The van der Waals surface area contributed by atoms with Gasteiger partial charge in [-0.2, -0.15) is 0 Å². The molecule has 1 aromatic rings. The standard InChI is InChI=1S/C12H16O5S/c1-8-2-4-9(5-3-8)18(15,16)11-7-6-10(17-11)12(13)14/h6-9H,2-5H2,1H3,(H,13,14). The highest BCUT2D eigenvalue weighted by Gasteiger charge is 2.33. The molecular weight excluding hydrogens is 256 g/mol. The molecule has 0 unspecified atom stereocenters. The lowest BCUT2D eigenvalue weighted by molar-refractivity contribution is 0.0656. The molecule has 1 aliphatic carbocycles. The lowest BCUT2D eigenvalue weighted by Crippen LogP contribution is -2.26. The Morgan fingerprint density at radius 3 is 2.39 bits per heavy atom. The second-order valence-corrected chi connectivity index (χ2v) is 7.01. The van der Waals surface area contributed by atoms with Crippen molar-refractivity contribution >= 4 is 15.8 Å². The van der Waals surface area contributed by atoms with E-state index >= 15 is 0 Å². The van der Waals surface area contributed by atoms with Gasteiger partial charge >= 0.3 is 5.97 Å². The maximum Gasteiger partial charge on any atom is 0.371 e. The van der Waals surface area contributed by atoms with Crippen LogP contribution in [-0.2, 0) is 9.84 Å². The topological polar surface area (TPSA) is 84.6 Å². The summed E-state index contributed by atoms with van der Waals surface area (Å²) in [5, 5.41) is 8.05. The molecule has 0 saturated heterocycles. The van der Waals surface area contributed by atoms with Gasteiger partial charge in [-0.1, -0.05) is 6.92 Å². The van der Waals surface area contributed by atoms with E-state index < -0.39 is 21.1 Å². The maximum absolute atomic E-state index is 12.2. The Kier molecular flexibility index (Phi) is 3.47. The van der Waals surface area contributed by atoms with E-state index in [2.05, 4.69) is 6.92 Å². The second kappa shape index (κ2) is 4.76. The largest absolute Gasteiger partial charge is 0.475 e. The normalized spacial score (nSPS) is 24.9. The number of sulfone groups is 1. The summed E-state index contributed by atoms with van der Waals surface area (Å²) in [6.45, 7) is 2.11. The van der Waals surface area contributed by atoms with Crippen LogP contribution in [0.1, 0.15) is 43.2 Å². The predicted molar refractivity (Wildman–Crippen MR) is 64.3 cm³/mol. The van der Waals surface area contributed by atoms with E-state index in [0.29, 0.717) is 18.8 Å². The van der Waals surface area contributed by atoms with Crippen molar-refractivity contribution in [2.45, 2.75) is 42.9 Å². The minimum atomic E-state index is -3.53. The molecule has 1 aromatic heterocycles. The van der Waals surface area contributed by atoms with Crippen LogP contribution in [0.15, 0.2) is 21.6 Å². The zero-order chi connectivity index (χ0) is 13.3. The SMILES string of the molecule is CC1CCC(S(=O)(=O)c2ccc(C(=O)O)o2)CC1. The summed E-state index contributed by atoms with van der Waals surface area (Å²) >= 11 is 0. The van der Waals surface area contributed by atoms with Gasteiger partial charge < -0.3 is 9.52 Å². The number of aromatic carboxylic acids is 1. The van der Waals surface area contributed by atoms with Crippen LogP contribution in [0.25, 0.3) is 0 Å². The maximum atomic E-state index is 12.2. The fourth-order valence-electron chi connectivity index (χ4n) is 2.29. The first-order valence-electron chi connectivity index (χ1n) is 5.98. The smallest absolute Gasteiger partial charge is 0.371 e. The van der Waals surface area contributed by atoms with Crippen molar-refractivity contribution in [2.75, 3.05) is 0 Å². The van der Waals surface area contributed by atoms with Crippen molar-refractivity contribution in [1.82, 2.24) is 0 Å². The quantitative estimate of drug-likeness (QED) is 0.912. The molecule has 1 fully saturated rings. The second-order valence-electron chi connectivity index (χ2n) is 4.85. The van der Waals surface area contributed by atoms with E-state index in [9.17, 15) is 13.2 Å². The third-order valence-corrected chi connectivity index (χ3v) is 5.60. The van der Waals surface area contributed by atoms with Crippen molar-refractivity contribution < 1.29 is 22.7 Å². The summed E-state index contributed by atoms with van der Waals surface area (Å²) in [7, 11) is -3.53. The van der Waals surface area contributed by atoms with E-state index in [1.807, 2.05) is 0 Å². The minimum Gasteiger partial charge on any atom is -0.475 e. The molecule has 0 amide bonds. The van der Waals surface area contributed by atoms with Crippen LogP contribution in [0, 0.1) is 5.92 Å². The number of hydrogen-bond acceptors (Lipinski definition) is 4. The Balaban J connectivity index is 2.22. The van der Waals surface area contributed by atoms with Gasteiger partial charge in [0.15, 0.2) is 0 Å². The van der Waals surface area contributed by atoms with Crippen molar-refractivity contribution in [1.29, 1.82) is 0 Å². The molecule has 2 rings (SSSR count). The molecule has 100 valence electrons. The van der Waals surface area contributed by atoms with Crippen molar-refractivity contribution in [2.24, 2.45) is 5.92 Å². The number of rotatable bonds is 3. The zero-order valence-electron chi connectivity index (χ0n) is 10.1. The van der Waals surface area contributed by atoms with Gasteiger partial charge in [-0.15, -0.1) is 0 Å². The van der Waals surface area contributed by atoms with Gasteiger partial charge in [-0.05, 0) is 43.7 Å². The summed E-state index contributed by atoms with van der Waals surface area (Å²) in [6, 6.07) is 2.41. The summed E-state index contributed by atoms with van der Waals surface area (Å²) in [4.78, 5) is 10.7. The number of furan rings is 1. The zero-order valence-corrected chi connectivity index (χ0v) is 10.9. The van der Waals surface area contributed by atoms with Crippen LogP contribution in [0.4, 0.5) is 0 Å². The van der Waals surface area contributed by atoms with Gasteiger partial charge in [0.2, 0.25) is 20.7 Å². The molecule has 0 spiro atoms. The first-order chi connectivity index (χ1) is 8.41. The van der Waals surface area contributed by atoms with Gasteiger partial charge in [0.05, 0.1) is 5.25 Å². The monoisotopic (exact) mass is 272 g/mol. The van der Waals surface area contributed by atoms with Crippen molar-refractivity contribution in [3.63, 3.8) is 0 Å². The lowest BCUT2D eigenvalue weighted by atomic mass is 9.91. The summed E-state index contributed by atoms with van der Waals surface area (Å²) in [5.74, 6) is -1.03. The van der Waals surface area contributed by atoms with Crippen LogP contribution < -0.4 is 0 Å². The molecule has 0 atom stereocenters. The van der Waals surface area contributed by atoms with E-state index in [0.717, 1.165) is 12.8 Å². The molecule has 5 nitrogen and oxygen atoms in total.